The third-order valence-corrected chi connectivity index (χ3v) is 4.75. The van der Waals surface area contributed by atoms with E-state index in [0.29, 0.717) is 17.7 Å². The number of pyridine rings is 2. The lowest BCUT2D eigenvalue weighted by molar-refractivity contribution is 0.277. The van der Waals surface area contributed by atoms with Crippen molar-refractivity contribution < 1.29 is 5.11 Å². The van der Waals surface area contributed by atoms with Gasteiger partial charge in [-0.25, -0.2) is 4.98 Å². The molecule has 1 aliphatic rings. The molecule has 3 aromatic rings. The molecule has 0 saturated carbocycles. The average molecular weight is 337 g/mol. The molecule has 6 heteroatoms. The van der Waals surface area contributed by atoms with Gasteiger partial charge in [0.05, 0.1) is 23.7 Å². The second-order valence-electron chi connectivity index (χ2n) is 6.80. The first-order chi connectivity index (χ1) is 12.2. The van der Waals surface area contributed by atoms with E-state index in [1.54, 1.807) is 0 Å². The van der Waals surface area contributed by atoms with Crippen LogP contribution in [0.1, 0.15) is 19.0 Å². The number of H-pyrrole nitrogens is 1. The summed E-state index contributed by atoms with van der Waals surface area (Å²) in [6.45, 7) is 4.22. The molecule has 6 nitrogen and oxygen atoms in total. The van der Waals surface area contributed by atoms with E-state index in [9.17, 15) is 5.11 Å². The van der Waals surface area contributed by atoms with Gasteiger partial charge in [0.15, 0.2) is 0 Å². The molecule has 4 heterocycles. The summed E-state index contributed by atoms with van der Waals surface area (Å²) >= 11 is 0. The summed E-state index contributed by atoms with van der Waals surface area (Å²) in [4.78, 5) is 12.3. The maximum atomic E-state index is 9.40. The Morgan fingerprint density at radius 3 is 3.04 bits per heavy atom. The van der Waals surface area contributed by atoms with Crippen molar-refractivity contribution in [2.45, 2.75) is 26.0 Å². The number of hydrogen-bond donors (Lipinski definition) is 4. The molecule has 1 fully saturated rings. The maximum Gasteiger partial charge on any atom is 0.139 e. The van der Waals surface area contributed by atoms with Crippen LogP contribution in [-0.2, 0) is 6.61 Å². The largest absolute Gasteiger partial charge is 0.390 e. The Morgan fingerprint density at radius 2 is 2.20 bits per heavy atom. The molecule has 0 unspecified atom stereocenters. The number of nitrogens with one attached hydrogen (secondary N) is 3. The Labute approximate surface area is 146 Å². The number of aromatic amines is 1. The van der Waals surface area contributed by atoms with E-state index >= 15 is 0 Å². The van der Waals surface area contributed by atoms with Crippen LogP contribution in [0.5, 0.6) is 0 Å². The summed E-state index contributed by atoms with van der Waals surface area (Å²) < 4.78 is 0. The van der Waals surface area contributed by atoms with Gasteiger partial charge in [0.25, 0.3) is 0 Å². The first-order valence-corrected chi connectivity index (χ1v) is 8.75. The summed E-state index contributed by atoms with van der Waals surface area (Å²) in [5.74, 6) is 0.647. The van der Waals surface area contributed by atoms with Crippen molar-refractivity contribution in [1.82, 2.24) is 20.3 Å². The van der Waals surface area contributed by atoms with Crippen LogP contribution in [0.4, 0.5) is 5.69 Å². The molecule has 4 rings (SSSR count). The molecule has 0 aliphatic carbocycles. The van der Waals surface area contributed by atoms with Gasteiger partial charge in [-0.15, -0.1) is 0 Å². The van der Waals surface area contributed by atoms with Crippen LogP contribution >= 0.6 is 0 Å². The zero-order chi connectivity index (χ0) is 17.2. The Balaban J connectivity index is 1.78. The Bertz CT molecular complexity index is 875. The SMILES string of the molecule is C[C@@H]1CNC[C@H](Nc2c(-c3cccc(CO)n3)cnc3[nH]ccc23)C1. The topological polar surface area (TPSA) is 85.9 Å². The third kappa shape index (κ3) is 3.23. The van der Waals surface area contributed by atoms with E-state index < -0.39 is 0 Å². The normalized spacial score (nSPS) is 20.7. The van der Waals surface area contributed by atoms with Gasteiger partial charge in [-0.05, 0) is 37.1 Å². The highest BCUT2D eigenvalue weighted by Crippen LogP contribution is 2.33. The predicted molar refractivity (Wildman–Crippen MR) is 99.3 cm³/mol. The first-order valence-electron chi connectivity index (χ1n) is 8.75. The summed E-state index contributed by atoms with van der Waals surface area (Å²) in [6.07, 6.45) is 4.89. The molecule has 0 spiro atoms. The molecule has 1 saturated heterocycles. The quantitative estimate of drug-likeness (QED) is 0.588. The number of piperidine rings is 1. The number of aliphatic hydroxyl groups is 1. The van der Waals surface area contributed by atoms with Crippen molar-refractivity contribution in [2.75, 3.05) is 18.4 Å². The van der Waals surface area contributed by atoms with Crippen molar-refractivity contribution in [2.24, 2.45) is 5.92 Å². The molecule has 3 aromatic heterocycles. The van der Waals surface area contributed by atoms with Crippen LogP contribution < -0.4 is 10.6 Å². The number of aromatic nitrogens is 3. The van der Waals surface area contributed by atoms with E-state index in [0.717, 1.165) is 47.5 Å². The van der Waals surface area contributed by atoms with Crippen LogP contribution in [0.15, 0.2) is 36.7 Å². The second kappa shape index (κ2) is 6.82. The van der Waals surface area contributed by atoms with Crippen LogP contribution in [0.2, 0.25) is 0 Å². The van der Waals surface area contributed by atoms with Crippen LogP contribution in [0, 0.1) is 5.92 Å². The Hall–Kier alpha value is -2.44. The first kappa shape index (κ1) is 16.1. The minimum Gasteiger partial charge on any atom is -0.390 e. The Kier molecular flexibility index (Phi) is 4.38. The lowest BCUT2D eigenvalue weighted by Crippen LogP contribution is -2.42. The van der Waals surface area contributed by atoms with Crippen molar-refractivity contribution in [3.63, 3.8) is 0 Å². The van der Waals surface area contributed by atoms with Gasteiger partial charge in [-0.3, -0.25) is 4.98 Å². The van der Waals surface area contributed by atoms with Gasteiger partial charge in [-0.1, -0.05) is 13.0 Å². The average Bonchev–Trinajstić information content (AvgIpc) is 3.11. The predicted octanol–water partition coefficient (Wildman–Crippen LogP) is 2.53. The van der Waals surface area contributed by atoms with Gasteiger partial charge in [-0.2, -0.15) is 0 Å². The lowest BCUT2D eigenvalue weighted by atomic mass is 9.97. The van der Waals surface area contributed by atoms with Gasteiger partial charge >= 0.3 is 0 Å². The van der Waals surface area contributed by atoms with E-state index in [4.69, 9.17) is 0 Å². The lowest BCUT2D eigenvalue weighted by Gasteiger charge is -2.30. The number of nitrogens with zero attached hydrogens (tertiary/aromatic N) is 2. The van der Waals surface area contributed by atoms with E-state index in [2.05, 4.69) is 32.5 Å². The molecule has 130 valence electrons. The van der Waals surface area contributed by atoms with Crippen molar-refractivity contribution in [3.8, 4) is 11.3 Å². The number of aliphatic hydroxyl groups excluding tert-OH is 1. The third-order valence-electron chi connectivity index (χ3n) is 4.75. The van der Waals surface area contributed by atoms with Gasteiger partial charge in [0.1, 0.15) is 5.65 Å². The zero-order valence-electron chi connectivity index (χ0n) is 14.3. The maximum absolute atomic E-state index is 9.40. The molecule has 0 aromatic carbocycles. The molecular formula is C19H23N5O. The van der Waals surface area contributed by atoms with Crippen LogP contribution in [0.25, 0.3) is 22.3 Å². The molecule has 25 heavy (non-hydrogen) atoms. The molecule has 0 amide bonds. The van der Waals surface area contributed by atoms with E-state index in [1.807, 2.05) is 36.7 Å². The zero-order valence-corrected chi connectivity index (χ0v) is 14.3. The molecule has 1 aliphatic heterocycles. The minimum atomic E-state index is -0.0690. The molecular weight excluding hydrogens is 314 g/mol. The minimum absolute atomic E-state index is 0.0690. The highest BCUT2D eigenvalue weighted by atomic mass is 16.3. The van der Waals surface area contributed by atoms with E-state index in [1.165, 1.54) is 0 Å². The van der Waals surface area contributed by atoms with Crippen molar-refractivity contribution in [3.05, 3.63) is 42.4 Å². The fourth-order valence-corrected chi connectivity index (χ4v) is 3.55. The summed E-state index contributed by atoms with van der Waals surface area (Å²) in [5, 5.41) is 17.7. The smallest absolute Gasteiger partial charge is 0.139 e. The Morgan fingerprint density at radius 1 is 1.28 bits per heavy atom. The number of hydrogen-bond acceptors (Lipinski definition) is 5. The van der Waals surface area contributed by atoms with Gasteiger partial charge in [0, 0.05) is 35.9 Å². The highest BCUT2D eigenvalue weighted by molar-refractivity contribution is 5.97. The fraction of sp³-hybridized carbons (Fsp3) is 0.368. The molecule has 2 atom stereocenters. The summed E-state index contributed by atoms with van der Waals surface area (Å²) in [7, 11) is 0. The second-order valence-corrected chi connectivity index (χ2v) is 6.80. The van der Waals surface area contributed by atoms with Gasteiger partial charge < -0.3 is 20.7 Å². The van der Waals surface area contributed by atoms with Crippen LogP contribution in [-0.4, -0.2) is 39.2 Å². The van der Waals surface area contributed by atoms with Crippen molar-refractivity contribution in [1.29, 1.82) is 0 Å². The van der Waals surface area contributed by atoms with Gasteiger partial charge in [0.2, 0.25) is 0 Å². The molecule has 0 bridgehead atoms. The van der Waals surface area contributed by atoms with E-state index in [-0.39, 0.29) is 6.61 Å². The van der Waals surface area contributed by atoms with Crippen LogP contribution in [0.3, 0.4) is 0 Å². The highest BCUT2D eigenvalue weighted by Gasteiger charge is 2.21. The number of rotatable bonds is 4. The molecule has 0 radical (unpaired) electrons. The number of anilines is 1. The number of fused-ring (bicyclic) bond motifs is 1. The van der Waals surface area contributed by atoms with Crippen molar-refractivity contribution >= 4 is 16.7 Å². The standard InChI is InChI=1S/C19H23N5O/c1-12-7-14(9-20-8-12)24-18-15-5-6-21-19(15)22-10-16(18)17-4-2-3-13(11-25)23-17/h2-6,10,12,14,20,25H,7-9,11H2,1H3,(H2,21,22,24)/t12-,14+/m0/s1. The fourth-order valence-electron chi connectivity index (χ4n) is 3.55. The monoisotopic (exact) mass is 337 g/mol. The molecule has 4 N–H and O–H groups in total. The summed E-state index contributed by atoms with van der Waals surface area (Å²) in [6, 6.07) is 8.11. The summed E-state index contributed by atoms with van der Waals surface area (Å²) in [5.41, 5.74) is 4.35.